The third kappa shape index (κ3) is 3.80. The Bertz CT molecular complexity index is 463. The van der Waals surface area contributed by atoms with Crippen molar-refractivity contribution in [3.05, 3.63) is 35.4 Å². The number of hydrogen-bond acceptors (Lipinski definition) is 2. The number of carboxylic acids is 1. The predicted molar refractivity (Wildman–Crippen MR) is 60.2 cm³/mol. The quantitative estimate of drug-likeness (QED) is 0.876. The van der Waals surface area contributed by atoms with Crippen molar-refractivity contribution in [1.82, 2.24) is 4.90 Å². The summed E-state index contributed by atoms with van der Waals surface area (Å²) in [7, 11) is 1.41. The molecule has 0 saturated heterocycles. The molecule has 0 atom stereocenters. The van der Waals surface area contributed by atoms with E-state index in [9.17, 15) is 18.4 Å². The molecule has 6 heteroatoms. The lowest BCUT2D eigenvalue weighted by Crippen LogP contribution is -2.29. The van der Waals surface area contributed by atoms with Crippen molar-refractivity contribution < 1.29 is 23.5 Å². The zero-order valence-electron chi connectivity index (χ0n) is 9.82. The first-order valence-electron chi connectivity index (χ1n) is 5.34. The van der Waals surface area contributed by atoms with Crippen LogP contribution in [0.2, 0.25) is 0 Å². The highest BCUT2D eigenvalue weighted by molar-refractivity contribution is 5.94. The topological polar surface area (TPSA) is 57.6 Å². The second-order valence-corrected chi connectivity index (χ2v) is 3.85. The summed E-state index contributed by atoms with van der Waals surface area (Å²) in [6.07, 6.45) is 0.178. The number of carbonyl (C=O) groups is 2. The summed E-state index contributed by atoms with van der Waals surface area (Å²) in [6, 6.07) is 2.63. The van der Waals surface area contributed by atoms with Gasteiger partial charge in [0.15, 0.2) is 0 Å². The second-order valence-electron chi connectivity index (χ2n) is 3.85. The highest BCUT2D eigenvalue weighted by Gasteiger charge is 2.16. The van der Waals surface area contributed by atoms with E-state index in [4.69, 9.17) is 5.11 Å². The molecule has 0 bridgehead atoms. The molecule has 1 amide bonds. The van der Waals surface area contributed by atoms with Crippen molar-refractivity contribution in [2.45, 2.75) is 12.8 Å². The standard InChI is InChI=1S/C12H13F2NO3/c1-15(6-2-3-11(16)17)12(18)9-7-8(13)4-5-10(9)14/h4-5,7H,2-3,6H2,1H3,(H,16,17). The van der Waals surface area contributed by atoms with Crippen LogP contribution in [0.3, 0.4) is 0 Å². The summed E-state index contributed by atoms with van der Waals surface area (Å²) < 4.78 is 26.2. The minimum Gasteiger partial charge on any atom is -0.481 e. The fourth-order valence-electron chi connectivity index (χ4n) is 1.44. The van der Waals surface area contributed by atoms with E-state index in [1.54, 1.807) is 0 Å². The Balaban J connectivity index is 2.68. The van der Waals surface area contributed by atoms with Crippen molar-refractivity contribution in [2.24, 2.45) is 0 Å². The molecule has 0 aliphatic carbocycles. The summed E-state index contributed by atoms with van der Waals surface area (Å²) in [5.41, 5.74) is -0.354. The Morgan fingerprint density at radius 2 is 2.00 bits per heavy atom. The van der Waals surface area contributed by atoms with Gasteiger partial charge in [-0.3, -0.25) is 9.59 Å². The minimum atomic E-state index is -0.965. The molecular weight excluding hydrogens is 244 g/mol. The molecule has 0 saturated carbocycles. The van der Waals surface area contributed by atoms with Crippen LogP contribution in [0.1, 0.15) is 23.2 Å². The van der Waals surface area contributed by atoms with Crippen LogP contribution in [0.5, 0.6) is 0 Å². The van der Waals surface area contributed by atoms with Crippen LogP contribution in [-0.2, 0) is 4.79 Å². The molecule has 1 rings (SSSR count). The average Bonchev–Trinajstić information content (AvgIpc) is 2.30. The molecule has 0 heterocycles. The number of amides is 1. The molecule has 18 heavy (non-hydrogen) atoms. The molecule has 0 fully saturated rings. The SMILES string of the molecule is CN(CCCC(=O)O)C(=O)c1cc(F)ccc1F. The highest BCUT2D eigenvalue weighted by atomic mass is 19.1. The van der Waals surface area contributed by atoms with Crippen LogP contribution in [0.4, 0.5) is 8.78 Å². The fraction of sp³-hybridized carbons (Fsp3) is 0.333. The molecule has 0 spiro atoms. The molecule has 0 aliphatic rings. The average molecular weight is 257 g/mol. The van der Waals surface area contributed by atoms with Crippen LogP contribution in [-0.4, -0.2) is 35.5 Å². The summed E-state index contributed by atoms with van der Waals surface area (Å²) >= 11 is 0. The van der Waals surface area contributed by atoms with E-state index in [2.05, 4.69) is 0 Å². The van der Waals surface area contributed by atoms with Gasteiger partial charge in [-0.25, -0.2) is 8.78 Å². The first kappa shape index (κ1) is 14.1. The number of nitrogens with zero attached hydrogens (tertiary/aromatic N) is 1. The normalized spacial score (nSPS) is 10.2. The molecule has 1 aromatic carbocycles. The van der Waals surface area contributed by atoms with E-state index in [-0.39, 0.29) is 24.9 Å². The maximum Gasteiger partial charge on any atom is 0.303 e. The van der Waals surface area contributed by atoms with E-state index in [1.165, 1.54) is 11.9 Å². The minimum absolute atomic E-state index is 0.0801. The van der Waals surface area contributed by atoms with Crippen molar-refractivity contribution in [2.75, 3.05) is 13.6 Å². The van der Waals surface area contributed by atoms with Gasteiger partial charge in [-0.2, -0.15) is 0 Å². The largest absolute Gasteiger partial charge is 0.481 e. The van der Waals surface area contributed by atoms with E-state index >= 15 is 0 Å². The Labute approximate surface area is 103 Å². The highest BCUT2D eigenvalue weighted by Crippen LogP contribution is 2.12. The van der Waals surface area contributed by atoms with Crippen LogP contribution in [0, 0.1) is 11.6 Å². The molecule has 0 aromatic heterocycles. The number of halogens is 2. The molecule has 4 nitrogen and oxygen atoms in total. The van der Waals surface area contributed by atoms with E-state index in [0.29, 0.717) is 0 Å². The van der Waals surface area contributed by atoms with E-state index < -0.39 is 23.5 Å². The summed E-state index contributed by atoms with van der Waals surface area (Å²) in [5.74, 6) is -3.13. The lowest BCUT2D eigenvalue weighted by atomic mass is 10.1. The van der Waals surface area contributed by atoms with E-state index in [1.807, 2.05) is 0 Å². The Morgan fingerprint density at radius 3 is 2.61 bits per heavy atom. The smallest absolute Gasteiger partial charge is 0.303 e. The van der Waals surface area contributed by atoms with Crippen LogP contribution in [0.25, 0.3) is 0 Å². The van der Waals surface area contributed by atoms with Gasteiger partial charge >= 0.3 is 5.97 Å². The number of carboxylic acid groups (broad SMARTS) is 1. The first-order valence-corrected chi connectivity index (χ1v) is 5.34. The van der Waals surface area contributed by atoms with Crippen LogP contribution in [0.15, 0.2) is 18.2 Å². The van der Waals surface area contributed by atoms with Gasteiger partial charge in [0.1, 0.15) is 11.6 Å². The lowest BCUT2D eigenvalue weighted by molar-refractivity contribution is -0.137. The van der Waals surface area contributed by atoms with E-state index in [0.717, 1.165) is 18.2 Å². The zero-order valence-corrected chi connectivity index (χ0v) is 9.82. The van der Waals surface area contributed by atoms with Gasteiger partial charge in [0.05, 0.1) is 5.56 Å². The van der Waals surface area contributed by atoms with Crippen molar-refractivity contribution in [3.63, 3.8) is 0 Å². The van der Waals surface area contributed by atoms with Gasteiger partial charge in [0.25, 0.3) is 5.91 Å². The fourth-order valence-corrected chi connectivity index (χ4v) is 1.44. The Hall–Kier alpha value is -1.98. The van der Waals surface area contributed by atoms with Gasteiger partial charge in [-0.05, 0) is 24.6 Å². The zero-order chi connectivity index (χ0) is 13.7. The molecule has 0 aliphatic heterocycles. The van der Waals surface area contributed by atoms with Gasteiger partial charge in [0, 0.05) is 20.0 Å². The summed E-state index contributed by atoms with van der Waals surface area (Å²) in [4.78, 5) is 23.2. The summed E-state index contributed by atoms with van der Waals surface area (Å²) in [6.45, 7) is 0.168. The van der Waals surface area contributed by atoms with Gasteiger partial charge in [-0.1, -0.05) is 0 Å². The Kier molecular flexibility index (Phi) is 4.76. The van der Waals surface area contributed by atoms with Crippen molar-refractivity contribution in [3.8, 4) is 0 Å². The number of carbonyl (C=O) groups excluding carboxylic acids is 1. The molecule has 0 unspecified atom stereocenters. The predicted octanol–water partition coefficient (Wildman–Crippen LogP) is 1.90. The second kappa shape index (κ2) is 6.09. The molecule has 0 radical (unpaired) electrons. The third-order valence-corrected chi connectivity index (χ3v) is 2.39. The third-order valence-electron chi connectivity index (χ3n) is 2.39. The number of aliphatic carboxylic acids is 1. The monoisotopic (exact) mass is 257 g/mol. The first-order chi connectivity index (χ1) is 8.41. The maximum absolute atomic E-state index is 13.3. The molecular formula is C12H13F2NO3. The lowest BCUT2D eigenvalue weighted by Gasteiger charge is -2.17. The molecule has 1 N–H and O–H groups in total. The number of rotatable bonds is 5. The van der Waals surface area contributed by atoms with Gasteiger partial charge in [0.2, 0.25) is 0 Å². The summed E-state index contributed by atoms with van der Waals surface area (Å²) in [5, 5.41) is 8.45. The number of hydrogen-bond donors (Lipinski definition) is 1. The molecule has 1 aromatic rings. The van der Waals surface area contributed by atoms with Crippen LogP contribution < -0.4 is 0 Å². The van der Waals surface area contributed by atoms with Crippen molar-refractivity contribution >= 4 is 11.9 Å². The van der Waals surface area contributed by atoms with Gasteiger partial charge in [-0.15, -0.1) is 0 Å². The van der Waals surface area contributed by atoms with Crippen LogP contribution >= 0.6 is 0 Å². The number of benzene rings is 1. The van der Waals surface area contributed by atoms with Gasteiger partial charge < -0.3 is 10.0 Å². The Morgan fingerprint density at radius 1 is 1.33 bits per heavy atom. The van der Waals surface area contributed by atoms with Crippen molar-refractivity contribution in [1.29, 1.82) is 0 Å². The molecule has 98 valence electrons. The maximum atomic E-state index is 13.3.